The van der Waals surface area contributed by atoms with Crippen LogP contribution in [-0.2, 0) is 14.4 Å². The van der Waals surface area contributed by atoms with Crippen molar-refractivity contribution in [3.8, 4) is 0 Å². The molecule has 5 rings (SSSR count). The van der Waals surface area contributed by atoms with Crippen molar-refractivity contribution in [2.45, 2.75) is 17.2 Å². The zero-order valence-electron chi connectivity index (χ0n) is 17.2. The SMILES string of the molecule is O=C1c2cccc3cccc(c23)C(=O)N1OS(=O)(=O)c1c(F)c(F)c(F)c2c1C(F)C(F)=C(F)C2F. The number of fused-ring (bicyclic) bond motifs is 1. The van der Waals surface area contributed by atoms with E-state index in [4.69, 9.17) is 0 Å². The van der Waals surface area contributed by atoms with Gasteiger partial charge in [-0.2, -0.15) is 8.42 Å². The number of carbonyl (C=O) groups excluding carboxylic acids is 2. The van der Waals surface area contributed by atoms with E-state index < -0.39 is 79.4 Å². The number of nitrogens with zero attached hydrogens (tertiary/aromatic N) is 1. The van der Waals surface area contributed by atoms with E-state index in [1.165, 1.54) is 36.4 Å². The predicted molar refractivity (Wildman–Crippen MR) is 106 cm³/mol. The lowest BCUT2D eigenvalue weighted by atomic mass is 9.91. The number of hydrogen-bond acceptors (Lipinski definition) is 5. The van der Waals surface area contributed by atoms with Gasteiger partial charge in [-0.15, -0.1) is 9.35 Å². The topological polar surface area (TPSA) is 80.8 Å². The number of allylic oxidation sites excluding steroid dienone is 2. The van der Waals surface area contributed by atoms with Crippen molar-refractivity contribution in [2.75, 3.05) is 0 Å². The number of alkyl halides is 2. The highest BCUT2D eigenvalue weighted by atomic mass is 32.2. The van der Waals surface area contributed by atoms with Gasteiger partial charge in [0.05, 0.1) is 11.1 Å². The summed E-state index contributed by atoms with van der Waals surface area (Å²) >= 11 is 0. The van der Waals surface area contributed by atoms with E-state index in [-0.39, 0.29) is 21.6 Å². The van der Waals surface area contributed by atoms with Gasteiger partial charge in [0.25, 0.3) is 11.8 Å². The fourth-order valence-corrected chi connectivity index (χ4v) is 5.32. The van der Waals surface area contributed by atoms with Crippen molar-refractivity contribution in [3.63, 3.8) is 0 Å². The van der Waals surface area contributed by atoms with Gasteiger partial charge in [0.2, 0.25) is 0 Å². The molecule has 2 unspecified atom stereocenters. The molecule has 36 heavy (non-hydrogen) atoms. The number of rotatable bonds is 3. The second-order valence-corrected chi connectivity index (χ2v) is 9.13. The van der Waals surface area contributed by atoms with Crippen LogP contribution >= 0.6 is 0 Å². The Morgan fingerprint density at radius 3 is 1.75 bits per heavy atom. The third-order valence-corrected chi connectivity index (χ3v) is 6.94. The second-order valence-electron chi connectivity index (χ2n) is 7.66. The van der Waals surface area contributed by atoms with Crippen molar-refractivity contribution < 1.29 is 53.0 Å². The molecule has 14 heteroatoms. The predicted octanol–water partition coefficient (Wildman–Crippen LogP) is 5.36. The molecular formula is C22H8F7NO5S. The highest BCUT2D eigenvalue weighted by Crippen LogP contribution is 2.50. The van der Waals surface area contributed by atoms with Crippen LogP contribution in [0.1, 0.15) is 44.2 Å². The Hall–Kier alpha value is -3.78. The van der Waals surface area contributed by atoms with Gasteiger partial charge in [0.15, 0.2) is 41.4 Å². The monoisotopic (exact) mass is 531 g/mol. The molecule has 0 spiro atoms. The van der Waals surface area contributed by atoms with Gasteiger partial charge in [-0.1, -0.05) is 24.3 Å². The molecule has 1 aliphatic heterocycles. The fraction of sp³-hybridized carbons (Fsp3) is 0.0909. The average molecular weight is 531 g/mol. The minimum atomic E-state index is -6.02. The molecule has 3 aromatic rings. The normalized spacial score (nSPS) is 19.8. The molecule has 0 radical (unpaired) electrons. The molecule has 186 valence electrons. The maximum absolute atomic E-state index is 14.7. The zero-order chi connectivity index (χ0) is 26.3. The van der Waals surface area contributed by atoms with E-state index in [2.05, 4.69) is 4.28 Å². The lowest BCUT2D eigenvalue weighted by Gasteiger charge is -2.27. The van der Waals surface area contributed by atoms with Crippen LogP contribution in [0, 0.1) is 17.5 Å². The first-order chi connectivity index (χ1) is 16.9. The Labute approximate surface area is 196 Å². The van der Waals surface area contributed by atoms with Crippen molar-refractivity contribution in [3.05, 3.63) is 87.8 Å². The third-order valence-electron chi connectivity index (χ3n) is 5.69. The summed E-state index contributed by atoms with van der Waals surface area (Å²) in [5.41, 5.74) is -4.41. The Morgan fingerprint density at radius 1 is 0.722 bits per heavy atom. The molecule has 0 saturated heterocycles. The molecule has 0 N–H and O–H groups in total. The molecule has 1 aliphatic carbocycles. The summed E-state index contributed by atoms with van der Waals surface area (Å²) in [6.45, 7) is 0. The molecular weight excluding hydrogens is 523 g/mol. The largest absolute Gasteiger partial charge is 0.321 e. The summed E-state index contributed by atoms with van der Waals surface area (Å²) in [4.78, 5) is 23.5. The first-order valence-corrected chi connectivity index (χ1v) is 11.2. The van der Waals surface area contributed by atoms with Crippen LogP contribution in [0.25, 0.3) is 10.8 Å². The lowest BCUT2D eigenvalue weighted by Crippen LogP contribution is -2.42. The van der Waals surface area contributed by atoms with Crippen molar-refractivity contribution >= 4 is 32.7 Å². The second kappa shape index (κ2) is 7.86. The minimum absolute atomic E-state index is 0.121. The highest BCUT2D eigenvalue weighted by Gasteiger charge is 2.47. The maximum Gasteiger partial charge on any atom is 0.321 e. The summed E-state index contributed by atoms with van der Waals surface area (Å²) in [6, 6.07) is 8.22. The van der Waals surface area contributed by atoms with Crippen LogP contribution in [0.3, 0.4) is 0 Å². The van der Waals surface area contributed by atoms with Gasteiger partial charge >= 0.3 is 10.1 Å². The smallest absolute Gasteiger partial charge is 0.266 e. The van der Waals surface area contributed by atoms with E-state index >= 15 is 0 Å². The molecule has 0 fully saturated rings. The summed E-state index contributed by atoms with van der Waals surface area (Å²) in [5, 5.41) is 0.166. The Balaban J connectivity index is 1.69. The van der Waals surface area contributed by atoms with Crippen LogP contribution in [0.15, 0.2) is 52.9 Å². The van der Waals surface area contributed by atoms with Crippen LogP contribution in [0.2, 0.25) is 0 Å². The number of amides is 2. The molecule has 2 atom stereocenters. The van der Waals surface area contributed by atoms with Crippen molar-refractivity contribution in [2.24, 2.45) is 0 Å². The van der Waals surface area contributed by atoms with E-state index in [1.54, 1.807) is 0 Å². The molecule has 2 amide bonds. The van der Waals surface area contributed by atoms with Crippen LogP contribution in [0.5, 0.6) is 0 Å². The lowest BCUT2D eigenvalue weighted by molar-refractivity contribution is -0.0158. The summed E-state index contributed by atoms with van der Waals surface area (Å²) in [6.07, 6.45) is -7.12. The zero-order valence-corrected chi connectivity index (χ0v) is 18.0. The van der Waals surface area contributed by atoms with E-state index in [9.17, 15) is 48.7 Å². The first-order valence-electron chi connectivity index (χ1n) is 9.77. The number of carbonyl (C=O) groups is 2. The van der Waals surface area contributed by atoms with Crippen molar-refractivity contribution in [1.82, 2.24) is 5.06 Å². The van der Waals surface area contributed by atoms with Gasteiger partial charge in [0, 0.05) is 16.5 Å². The Kier molecular flexibility index (Phi) is 5.23. The number of halogens is 7. The van der Waals surface area contributed by atoms with Gasteiger partial charge in [-0.05, 0) is 17.5 Å². The molecule has 0 bridgehead atoms. The average Bonchev–Trinajstić information content (AvgIpc) is 2.85. The standard InChI is InChI=1S/C22H8F7NO5S/c23-13-11-12(15(25)17(27)16(13)26)20(19(29)18(28)14(11)24)36(33,34)35-30-21(31)8-5-1-3-7-4-2-6-9(10(7)8)22(30)32/h1-6,13,15H. The molecule has 2 aliphatic rings. The number of hydrogen-bond donors (Lipinski definition) is 0. The molecule has 3 aromatic carbocycles. The summed E-state index contributed by atoms with van der Waals surface area (Å²) < 4.78 is 130. The summed E-state index contributed by atoms with van der Waals surface area (Å²) in [7, 11) is -6.02. The van der Waals surface area contributed by atoms with Crippen LogP contribution < -0.4 is 0 Å². The quantitative estimate of drug-likeness (QED) is 0.258. The highest BCUT2D eigenvalue weighted by molar-refractivity contribution is 7.86. The summed E-state index contributed by atoms with van der Waals surface area (Å²) in [5.74, 6) is -15.7. The molecule has 1 heterocycles. The van der Waals surface area contributed by atoms with Gasteiger partial charge in [-0.3, -0.25) is 9.59 Å². The number of imide groups is 1. The van der Waals surface area contributed by atoms with Gasteiger partial charge in [-0.25, -0.2) is 30.7 Å². The third kappa shape index (κ3) is 3.10. The van der Waals surface area contributed by atoms with Gasteiger partial charge < -0.3 is 0 Å². The number of benzene rings is 3. The van der Waals surface area contributed by atoms with E-state index in [0.29, 0.717) is 5.39 Å². The van der Waals surface area contributed by atoms with E-state index in [0.717, 1.165) is 0 Å². The van der Waals surface area contributed by atoms with E-state index in [1.807, 2.05) is 0 Å². The fourth-order valence-electron chi connectivity index (χ4n) is 4.12. The molecule has 0 saturated carbocycles. The molecule has 6 nitrogen and oxygen atoms in total. The van der Waals surface area contributed by atoms with Gasteiger partial charge in [0.1, 0.15) is 4.90 Å². The Bertz CT molecular complexity index is 1620. The van der Waals surface area contributed by atoms with Crippen LogP contribution in [-0.4, -0.2) is 25.3 Å². The number of hydroxylamine groups is 2. The minimum Gasteiger partial charge on any atom is -0.266 e. The van der Waals surface area contributed by atoms with Crippen LogP contribution in [0.4, 0.5) is 30.7 Å². The first kappa shape index (κ1) is 23.9. The maximum atomic E-state index is 14.7. The molecule has 0 aromatic heterocycles. The Morgan fingerprint density at radius 2 is 1.22 bits per heavy atom. The van der Waals surface area contributed by atoms with Crippen molar-refractivity contribution in [1.29, 1.82) is 0 Å².